The van der Waals surface area contributed by atoms with Gasteiger partial charge in [-0.2, -0.15) is 0 Å². The number of hydrogen-bond donors (Lipinski definition) is 2. The smallest absolute Gasteiger partial charge is 0.335 e. The van der Waals surface area contributed by atoms with Gasteiger partial charge in [-0.15, -0.1) is 0 Å². The Kier molecular flexibility index (Phi) is 6.51. The molecule has 0 saturated heterocycles. The maximum Gasteiger partial charge on any atom is 0.335 e. The molecule has 2 aromatic carbocycles. The highest BCUT2D eigenvalue weighted by Gasteiger charge is 2.10. The number of nitrogens with one attached hydrogen (secondary N) is 1. The van der Waals surface area contributed by atoms with Crippen LogP contribution in [0.15, 0.2) is 42.5 Å². The first-order valence-electron chi connectivity index (χ1n) is 7.91. The van der Waals surface area contributed by atoms with Crippen LogP contribution in [0.25, 0.3) is 0 Å². The van der Waals surface area contributed by atoms with Crippen LogP contribution >= 0.6 is 0 Å². The van der Waals surface area contributed by atoms with Gasteiger partial charge in [0, 0.05) is 13.0 Å². The van der Waals surface area contributed by atoms with E-state index >= 15 is 0 Å². The van der Waals surface area contributed by atoms with Gasteiger partial charge in [0.15, 0.2) is 11.6 Å². The van der Waals surface area contributed by atoms with E-state index in [0.29, 0.717) is 24.9 Å². The molecule has 0 aliphatic heterocycles. The van der Waals surface area contributed by atoms with Crippen LogP contribution < -0.4 is 10.1 Å². The van der Waals surface area contributed by atoms with Crippen LogP contribution in [0.5, 0.6) is 5.75 Å². The van der Waals surface area contributed by atoms with Crippen molar-refractivity contribution in [2.45, 2.75) is 19.3 Å². The van der Waals surface area contributed by atoms with Crippen molar-refractivity contribution < 1.29 is 23.8 Å². The molecule has 0 fully saturated rings. The predicted octanol–water partition coefficient (Wildman–Crippen LogP) is 2.82. The summed E-state index contributed by atoms with van der Waals surface area (Å²) in [6.45, 7) is 0.436. The zero-order valence-corrected chi connectivity index (χ0v) is 13.9. The molecule has 0 atom stereocenters. The number of aryl methyl sites for hydroxylation is 1. The molecular formula is C19H20FNO4. The molecule has 132 valence electrons. The highest BCUT2D eigenvalue weighted by molar-refractivity contribution is 5.87. The van der Waals surface area contributed by atoms with E-state index in [1.807, 2.05) is 0 Å². The summed E-state index contributed by atoms with van der Waals surface area (Å²) >= 11 is 0. The first kappa shape index (κ1) is 18.4. The van der Waals surface area contributed by atoms with Gasteiger partial charge in [-0.25, -0.2) is 9.18 Å². The van der Waals surface area contributed by atoms with Crippen LogP contribution in [-0.4, -0.2) is 30.6 Å². The number of hydrogen-bond acceptors (Lipinski definition) is 3. The van der Waals surface area contributed by atoms with Gasteiger partial charge in [-0.1, -0.05) is 24.3 Å². The third-order valence-corrected chi connectivity index (χ3v) is 3.82. The Morgan fingerprint density at radius 1 is 1.12 bits per heavy atom. The molecule has 0 unspecified atom stereocenters. The number of methoxy groups -OCH3 is 1. The molecule has 2 N–H and O–H groups in total. The zero-order chi connectivity index (χ0) is 18.2. The molecule has 25 heavy (non-hydrogen) atoms. The number of carbonyl (C=O) groups excluding carboxylic acids is 1. The minimum atomic E-state index is -0.968. The third-order valence-electron chi connectivity index (χ3n) is 3.82. The maximum absolute atomic E-state index is 14.0. The van der Waals surface area contributed by atoms with Crippen LogP contribution in [0, 0.1) is 5.82 Å². The summed E-state index contributed by atoms with van der Waals surface area (Å²) in [5.41, 5.74) is 1.61. The number of amides is 1. The Bertz CT molecular complexity index is 744. The predicted molar refractivity (Wildman–Crippen MR) is 91.4 cm³/mol. The molecule has 5 nitrogen and oxygen atoms in total. The lowest BCUT2D eigenvalue weighted by Gasteiger charge is -2.08. The largest absolute Gasteiger partial charge is 0.494 e. The lowest BCUT2D eigenvalue weighted by molar-refractivity contribution is -0.121. The minimum absolute atomic E-state index is 0.163. The highest BCUT2D eigenvalue weighted by atomic mass is 19.1. The molecule has 0 aliphatic carbocycles. The Hall–Kier alpha value is -2.89. The summed E-state index contributed by atoms with van der Waals surface area (Å²) in [6, 6.07) is 11.4. The number of carbonyl (C=O) groups is 2. The third kappa shape index (κ3) is 5.31. The second kappa shape index (κ2) is 8.82. The van der Waals surface area contributed by atoms with Crippen molar-refractivity contribution in [2.75, 3.05) is 13.7 Å². The van der Waals surface area contributed by atoms with Gasteiger partial charge in [0.1, 0.15) is 0 Å². The van der Waals surface area contributed by atoms with Crippen molar-refractivity contribution in [1.82, 2.24) is 5.32 Å². The fourth-order valence-corrected chi connectivity index (χ4v) is 2.40. The van der Waals surface area contributed by atoms with Crippen molar-refractivity contribution in [1.29, 1.82) is 0 Å². The number of carboxylic acids is 1. The van der Waals surface area contributed by atoms with Gasteiger partial charge >= 0.3 is 5.97 Å². The Morgan fingerprint density at radius 2 is 1.84 bits per heavy atom. The van der Waals surface area contributed by atoms with Crippen molar-refractivity contribution in [3.63, 3.8) is 0 Å². The summed E-state index contributed by atoms with van der Waals surface area (Å²) in [6.07, 6.45) is 1.07. The topological polar surface area (TPSA) is 75.6 Å². The molecule has 0 aliphatic rings. The van der Waals surface area contributed by atoms with E-state index in [0.717, 1.165) is 5.56 Å². The average molecular weight is 345 g/mol. The van der Waals surface area contributed by atoms with Gasteiger partial charge in [0.25, 0.3) is 0 Å². The fourth-order valence-electron chi connectivity index (χ4n) is 2.40. The molecule has 2 aromatic rings. The molecule has 6 heteroatoms. The lowest BCUT2D eigenvalue weighted by atomic mass is 10.1. The number of aromatic carboxylic acids is 1. The first-order chi connectivity index (χ1) is 12.0. The number of rotatable bonds is 8. The van der Waals surface area contributed by atoms with Crippen molar-refractivity contribution in [3.05, 3.63) is 65.0 Å². The Balaban J connectivity index is 1.76. The van der Waals surface area contributed by atoms with Crippen molar-refractivity contribution in [3.8, 4) is 5.75 Å². The lowest BCUT2D eigenvalue weighted by Crippen LogP contribution is -2.26. The summed E-state index contributed by atoms with van der Waals surface area (Å²) in [5.74, 6) is -1.40. The van der Waals surface area contributed by atoms with E-state index in [1.54, 1.807) is 24.3 Å². The van der Waals surface area contributed by atoms with E-state index in [4.69, 9.17) is 9.84 Å². The molecule has 2 rings (SSSR count). The van der Waals surface area contributed by atoms with E-state index in [1.165, 1.54) is 25.3 Å². The summed E-state index contributed by atoms with van der Waals surface area (Å²) in [7, 11) is 1.40. The zero-order valence-electron chi connectivity index (χ0n) is 13.9. The normalized spacial score (nSPS) is 10.3. The number of halogens is 1. The van der Waals surface area contributed by atoms with Gasteiger partial charge in [-0.3, -0.25) is 4.79 Å². The van der Waals surface area contributed by atoms with Crippen LogP contribution in [0.2, 0.25) is 0 Å². The van der Waals surface area contributed by atoms with Gasteiger partial charge in [0.2, 0.25) is 5.91 Å². The molecule has 1 amide bonds. The second-order valence-corrected chi connectivity index (χ2v) is 5.54. The molecule has 0 saturated carbocycles. The number of ether oxygens (including phenoxy) is 1. The first-order valence-corrected chi connectivity index (χ1v) is 7.91. The molecule has 0 heterocycles. The van der Waals surface area contributed by atoms with Crippen molar-refractivity contribution >= 4 is 11.9 Å². The Labute approximate surface area is 145 Å². The average Bonchev–Trinajstić information content (AvgIpc) is 2.61. The molecule has 0 aromatic heterocycles. The summed E-state index contributed by atoms with van der Waals surface area (Å²) in [4.78, 5) is 22.7. The van der Waals surface area contributed by atoms with Crippen LogP contribution in [-0.2, 0) is 17.6 Å². The summed E-state index contributed by atoms with van der Waals surface area (Å²) < 4.78 is 18.9. The van der Waals surface area contributed by atoms with Crippen LogP contribution in [0.4, 0.5) is 4.39 Å². The molecule has 0 radical (unpaired) electrons. The quantitative estimate of drug-likeness (QED) is 0.771. The van der Waals surface area contributed by atoms with E-state index in [-0.39, 0.29) is 23.6 Å². The molecular weight excluding hydrogens is 325 g/mol. The number of benzene rings is 2. The fraction of sp³-hybridized carbons (Fsp3) is 0.263. The Morgan fingerprint density at radius 3 is 2.48 bits per heavy atom. The van der Waals surface area contributed by atoms with Crippen LogP contribution in [0.3, 0.4) is 0 Å². The maximum atomic E-state index is 14.0. The molecule has 0 bridgehead atoms. The summed E-state index contributed by atoms with van der Waals surface area (Å²) in [5, 5.41) is 11.6. The van der Waals surface area contributed by atoms with Gasteiger partial charge < -0.3 is 15.2 Å². The SMILES string of the molecule is COc1cccc(CCC(=O)NCCc2ccc(C(=O)O)cc2)c1F. The van der Waals surface area contributed by atoms with Gasteiger partial charge in [0.05, 0.1) is 12.7 Å². The highest BCUT2D eigenvalue weighted by Crippen LogP contribution is 2.20. The van der Waals surface area contributed by atoms with Crippen LogP contribution in [0.1, 0.15) is 27.9 Å². The van der Waals surface area contributed by atoms with Gasteiger partial charge in [-0.05, 0) is 42.2 Å². The van der Waals surface area contributed by atoms with E-state index in [2.05, 4.69) is 5.32 Å². The molecule has 0 spiro atoms. The van der Waals surface area contributed by atoms with E-state index < -0.39 is 11.8 Å². The standard InChI is InChI=1S/C19H20FNO4/c1-25-16-4-2-3-14(18(16)20)9-10-17(22)21-12-11-13-5-7-15(8-6-13)19(23)24/h2-8H,9-12H2,1H3,(H,21,22)(H,23,24). The monoisotopic (exact) mass is 345 g/mol. The van der Waals surface area contributed by atoms with E-state index in [9.17, 15) is 14.0 Å². The minimum Gasteiger partial charge on any atom is -0.494 e. The second-order valence-electron chi connectivity index (χ2n) is 5.54. The van der Waals surface area contributed by atoms with Crippen molar-refractivity contribution in [2.24, 2.45) is 0 Å². The number of carboxylic acid groups (broad SMARTS) is 1.